The normalized spacial score (nSPS) is 17.9. The SMILES string of the molecule is CCCCOc1cc(C(F)(F)F)ccc1OCC1CO1. The summed E-state index contributed by atoms with van der Waals surface area (Å²) in [6.45, 7) is 3.31. The summed E-state index contributed by atoms with van der Waals surface area (Å²) in [5, 5.41) is 0. The molecule has 1 heterocycles. The summed E-state index contributed by atoms with van der Waals surface area (Å²) in [5.41, 5.74) is -0.737. The Balaban J connectivity index is 2.10. The molecule has 0 aliphatic carbocycles. The van der Waals surface area contributed by atoms with E-state index in [0.717, 1.165) is 25.0 Å². The highest BCUT2D eigenvalue weighted by atomic mass is 19.4. The monoisotopic (exact) mass is 290 g/mol. The highest BCUT2D eigenvalue weighted by Gasteiger charge is 2.32. The van der Waals surface area contributed by atoms with E-state index in [9.17, 15) is 13.2 Å². The van der Waals surface area contributed by atoms with E-state index in [1.54, 1.807) is 0 Å². The number of hydrogen-bond acceptors (Lipinski definition) is 3. The summed E-state index contributed by atoms with van der Waals surface area (Å²) < 4.78 is 53.9. The molecule has 0 radical (unpaired) electrons. The maximum absolute atomic E-state index is 12.7. The fraction of sp³-hybridized carbons (Fsp3) is 0.571. The third-order valence-electron chi connectivity index (χ3n) is 2.85. The quantitative estimate of drug-likeness (QED) is 0.567. The largest absolute Gasteiger partial charge is 0.490 e. The van der Waals surface area contributed by atoms with Crippen LogP contribution in [0.5, 0.6) is 11.5 Å². The van der Waals surface area contributed by atoms with Crippen molar-refractivity contribution in [2.45, 2.75) is 32.0 Å². The van der Waals surface area contributed by atoms with Crippen molar-refractivity contribution < 1.29 is 27.4 Å². The van der Waals surface area contributed by atoms with Crippen LogP contribution in [0.3, 0.4) is 0 Å². The molecular formula is C14H17F3O3. The Hall–Kier alpha value is -1.43. The van der Waals surface area contributed by atoms with Crippen LogP contribution in [0.2, 0.25) is 0 Å². The van der Waals surface area contributed by atoms with Crippen LogP contribution in [0, 0.1) is 0 Å². The smallest absolute Gasteiger partial charge is 0.416 e. The maximum Gasteiger partial charge on any atom is 0.416 e. The van der Waals surface area contributed by atoms with Gasteiger partial charge in [0.2, 0.25) is 0 Å². The highest BCUT2D eigenvalue weighted by Crippen LogP contribution is 2.36. The van der Waals surface area contributed by atoms with E-state index >= 15 is 0 Å². The average Bonchev–Trinajstić information content (AvgIpc) is 3.20. The number of epoxide rings is 1. The number of hydrogen-bond donors (Lipinski definition) is 0. The van der Waals surface area contributed by atoms with Crippen LogP contribution in [0.4, 0.5) is 13.2 Å². The van der Waals surface area contributed by atoms with E-state index in [4.69, 9.17) is 14.2 Å². The number of unbranched alkanes of at least 4 members (excludes halogenated alkanes) is 1. The minimum absolute atomic E-state index is 0.0424. The molecule has 112 valence electrons. The van der Waals surface area contributed by atoms with Crippen LogP contribution in [-0.2, 0) is 10.9 Å². The van der Waals surface area contributed by atoms with Gasteiger partial charge >= 0.3 is 6.18 Å². The van der Waals surface area contributed by atoms with E-state index in [0.29, 0.717) is 25.6 Å². The van der Waals surface area contributed by atoms with Gasteiger partial charge in [-0.15, -0.1) is 0 Å². The molecule has 2 rings (SSSR count). The Morgan fingerprint density at radius 1 is 1.25 bits per heavy atom. The molecule has 1 aromatic carbocycles. The number of halogens is 3. The lowest BCUT2D eigenvalue weighted by molar-refractivity contribution is -0.137. The zero-order valence-corrected chi connectivity index (χ0v) is 11.2. The molecule has 6 heteroatoms. The van der Waals surface area contributed by atoms with Crippen molar-refractivity contribution in [3.05, 3.63) is 23.8 Å². The third kappa shape index (κ3) is 4.30. The highest BCUT2D eigenvalue weighted by molar-refractivity contribution is 5.43. The molecule has 3 nitrogen and oxygen atoms in total. The van der Waals surface area contributed by atoms with Gasteiger partial charge in [0.15, 0.2) is 11.5 Å². The summed E-state index contributed by atoms with van der Waals surface area (Å²) in [7, 11) is 0. The van der Waals surface area contributed by atoms with Crippen LogP contribution in [0.25, 0.3) is 0 Å². The predicted octanol–water partition coefficient (Wildman–Crippen LogP) is 3.66. The van der Waals surface area contributed by atoms with Crippen LogP contribution in [-0.4, -0.2) is 25.9 Å². The minimum Gasteiger partial charge on any atom is -0.490 e. The first-order valence-electron chi connectivity index (χ1n) is 6.59. The zero-order valence-electron chi connectivity index (χ0n) is 11.2. The minimum atomic E-state index is -4.39. The number of alkyl halides is 3. The van der Waals surface area contributed by atoms with Gasteiger partial charge in [-0.25, -0.2) is 0 Å². The second kappa shape index (κ2) is 6.35. The van der Waals surface area contributed by atoms with Gasteiger partial charge in [-0.2, -0.15) is 13.2 Å². The van der Waals surface area contributed by atoms with Gasteiger partial charge in [0.1, 0.15) is 12.7 Å². The Morgan fingerprint density at radius 3 is 2.60 bits per heavy atom. The van der Waals surface area contributed by atoms with E-state index < -0.39 is 11.7 Å². The van der Waals surface area contributed by atoms with Crippen LogP contribution < -0.4 is 9.47 Å². The Kier molecular flexibility index (Phi) is 4.75. The van der Waals surface area contributed by atoms with Crippen molar-refractivity contribution in [1.29, 1.82) is 0 Å². The molecule has 0 spiro atoms. The van der Waals surface area contributed by atoms with Crippen molar-refractivity contribution in [2.24, 2.45) is 0 Å². The molecule has 1 unspecified atom stereocenters. The van der Waals surface area contributed by atoms with E-state index in [1.807, 2.05) is 6.92 Å². The summed E-state index contributed by atoms with van der Waals surface area (Å²) in [4.78, 5) is 0. The van der Waals surface area contributed by atoms with Crippen molar-refractivity contribution in [1.82, 2.24) is 0 Å². The van der Waals surface area contributed by atoms with Crippen molar-refractivity contribution in [3.8, 4) is 11.5 Å². The first-order valence-corrected chi connectivity index (χ1v) is 6.59. The van der Waals surface area contributed by atoms with E-state index in [2.05, 4.69) is 0 Å². The molecule has 0 aromatic heterocycles. The lowest BCUT2D eigenvalue weighted by Gasteiger charge is -2.14. The van der Waals surface area contributed by atoms with Gasteiger partial charge in [0, 0.05) is 0 Å². The molecule has 1 atom stereocenters. The molecule has 1 fully saturated rings. The molecule has 1 aliphatic rings. The number of rotatable bonds is 7. The van der Waals surface area contributed by atoms with Gasteiger partial charge in [-0.3, -0.25) is 0 Å². The molecule has 1 aromatic rings. The molecule has 0 N–H and O–H groups in total. The Morgan fingerprint density at radius 2 is 2.00 bits per heavy atom. The maximum atomic E-state index is 12.7. The predicted molar refractivity (Wildman–Crippen MR) is 67.1 cm³/mol. The Labute approximate surface area is 115 Å². The van der Waals surface area contributed by atoms with Crippen molar-refractivity contribution in [3.63, 3.8) is 0 Å². The van der Waals surface area contributed by atoms with Gasteiger partial charge in [0.05, 0.1) is 18.8 Å². The van der Waals surface area contributed by atoms with Gasteiger partial charge in [-0.1, -0.05) is 13.3 Å². The topological polar surface area (TPSA) is 31.0 Å². The summed E-state index contributed by atoms with van der Waals surface area (Å²) in [6, 6.07) is 3.28. The van der Waals surface area contributed by atoms with Gasteiger partial charge in [-0.05, 0) is 24.6 Å². The lowest BCUT2D eigenvalue weighted by Crippen LogP contribution is -2.09. The Bertz CT molecular complexity index is 442. The molecule has 1 aliphatic heterocycles. The number of benzene rings is 1. The summed E-state index contributed by atoms with van der Waals surface area (Å²) in [5.74, 6) is 0.457. The molecule has 20 heavy (non-hydrogen) atoms. The second-order valence-corrected chi connectivity index (χ2v) is 4.63. The molecular weight excluding hydrogens is 273 g/mol. The van der Waals surface area contributed by atoms with Crippen LogP contribution in [0.1, 0.15) is 25.3 Å². The van der Waals surface area contributed by atoms with Gasteiger partial charge in [0.25, 0.3) is 0 Å². The first kappa shape index (κ1) is 15.0. The van der Waals surface area contributed by atoms with Crippen molar-refractivity contribution >= 4 is 0 Å². The fourth-order valence-corrected chi connectivity index (χ4v) is 1.59. The fourth-order valence-electron chi connectivity index (χ4n) is 1.59. The van der Waals surface area contributed by atoms with Crippen LogP contribution >= 0.6 is 0 Å². The number of ether oxygens (including phenoxy) is 3. The zero-order chi connectivity index (χ0) is 14.6. The van der Waals surface area contributed by atoms with Gasteiger partial charge < -0.3 is 14.2 Å². The first-order chi connectivity index (χ1) is 9.50. The average molecular weight is 290 g/mol. The van der Waals surface area contributed by atoms with E-state index in [1.165, 1.54) is 6.07 Å². The third-order valence-corrected chi connectivity index (χ3v) is 2.85. The summed E-state index contributed by atoms with van der Waals surface area (Å²) in [6.07, 6.45) is -2.66. The van der Waals surface area contributed by atoms with Crippen molar-refractivity contribution in [2.75, 3.05) is 19.8 Å². The van der Waals surface area contributed by atoms with E-state index in [-0.39, 0.29) is 11.9 Å². The second-order valence-electron chi connectivity index (χ2n) is 4.63. The summed E-state index contributed by atoms with van der Waals surface area (Å²) >= 11 is 0. The molecule has 0 saturated carbocycles. The lowest BCUT2D eigenvalue weighted by atomic mass is 10.2. The molecule has 0 bridgehead atoms. The van der Waals surface area contributed by atoms with Crippen LogP contribution in [0.15, 0.2) is 18.2 Å². The molecule has 0 amide bonds. The molecule has 1 saturated heterocycles. The standard InChI is InChI=1S/C14H17F3O3/c1-2-3-6-18-13-7-10(14(15,16)17)4-5-12(13)20-9-11-8-19-11/h4-5,7,11H,2-3,6,8-9H2,1H3.